The molecule has 1 fully saturated rings. The molecule has 0 radical (unpaired) electrons. The summed E-state index contributed by atoms with van der Waals surface area (Å²) >= 11 is 0. The maximum atomic E-state index is 5.52. The first-order valence-electron chi connectivity index (χ1n) is 9.94. The highest BCUT2D eigenvalue weighted by molar-refractivity contribution is 5.73. The van der Waals surface area contributed by atoms with E-state index < -0.39 is 0 Å². The highest BCUT2D eigenvalue weighted by Gasteiger charge is 2.29. The van der Waals surface area contributed by atoms with Gasteiger partial charge in [0, 0.05) is 36.4 Å². The van der Waals surface area contributed by atoms with Gasteiger partial charge in [-0.2, -0.15) is 4.98 Å². The van der Waals surface area contributed by atoms with E-state index in [2.05, 4.69) is 71.3 Å². The van der Waals surface area contributed by atoms with Gasteiger partial charge < -0.3 is 14.5 Å². The van der Waals surface area contributed by atoms with Gasteiger partial charge in [0.25, 0.3) is 0 Å². The molecule has 0 saturated carbocycles. The van der Waals surface area contributed by atoms with Crippen LogP contribution in [0.5, 0.6) is 0 Å². The van der Waals surface area contributed by atoms with E-state index in [-0.39, 0.29) is 0 Å². The SMILES string of the molecule is CC1Cc2ccccc2N1c1cc(-c2ccccc2)nc(N2CCOCC2)n1. The number of benzene rings is 2. The van der Waals surface area contributed by atoms with Crippen molar-refractivity contribution in [2.75, 3.05) is 36.1 Å². The molecule has 1 unspecified atom stereocenters. The molecule has 1 aromatic heterocycles. The summed E-state index contributed by atoms with van der Waals surface area (Å²) in [5.41, 5.74) is 4.70. The minimum absolute atomic E-state index is 0.369. The van der Waals surface area contributed by atoms with Crippen molar-refractivity contribution in [1.29, 1.82) is 0 Å². The number of ether oxygens (including phenoxy) is 1. The van der Waals surface area contributed by atoms with E-state index in [0.29, 0.717) is 6.04 Å². The molecule has 0 N–H and O–H groups in total. The maximum Gasteiger partial charge on any atom is 0.228 e. The van der Waals surface area contributed by atoms with Gasteiger partial charge in [0.05, 0.1) is 18.9 Å². The van der Waals surface area contributed by atoms with Crippen LogP contribution in [0, 0.1) is 0 Å². The fourth-order valence-electron chi connectivity index (χ4n) is 4.12. The molecule has 0 amide bonds. The zero-order valence-corrected chi connectivity index (χ0v) is 16.1. The zero-order valence-electron chi connectivity index (χ0n) is 16.1. The Hall–Kier alpha value is -2.92. The number of nitrogens with zero attached hydrogens (tertiary/aromatic N) is 4. The third kappa shape index (κ3) is 3.12. The molecule has 2 aromatic carbocycles. The summed E-state index contributed by atoms with van der Waals surface area (Å²) in [6, 6.07) is 21.5. The Bertz CT molecular complexity index is 969. The predicted octanol–water partition coefficient (Wildman–Crippen LogP) is 4.06. The van der Waals surface area contributed by atoms with Gasteiger partial charge in [-0.25, -0.2) is 4.98 Å². The summed E-state index contributed by atoms with van der Waals surface area (Å²) in [5.74, 6) is 1.75. The number of morpholine rings is 1. The minimum Gasteiger partial charge on any atom is -0.378 e. The lowest BCUT2D eigenvalue weighted by Gasteiger charge is -2.29. The molecule has 5 rings (SSSR count). The normalized spacial score (nSPS) is 19.0. The fraction of sp³-hybridized carbons (Fsp3) is 0.304. The molecule has 2 aliphatic heterocycles. The van der Waals surface area contributed by atoms with E-state index in [0.717, 1.165) is 55.7 Å². The summed E-state index contributed by atoms with van der Waals surface area (Å²) in [6.45, 7) is 5.35. The second kappa shape index (κ2) is 7.24. The number of hydrogen-bond donors (Lipinski definition) is 0. The van der Waals surface area contributed by atoms with Crippen molar-refractivity contribution in [2.24, 2.45) is 0 Å². The monoisotopic (exact) mass is 372 g/mol. The summed E-state index contributed by atoms with van der Waals surface area (Å²) in [5, 5.41) is 0. The number of anilines is 3. The average Bonchev–Trinajstić information content (AvgIpc) is 3.10. The van der Waals surface area contributed by atoms with Crippen molar-refractivity contribution in [1.82, 2.24) is 9.97 Å². The number of aromatic nitrogens is 2. The number of fused-ring (bicyclic) bond motifs is 1. The Balaban J connectivity index is 1.63. The topological polar surface area (TPSA) is 41.5 Å². The summed E-state index contributed by atoms with van der Waals surface area (Å²) < 4.78 is 5.52. The van der Waals surface area contributed by atoms with Crippen molar-refractivity contribution in [3.63, 3.8) is 0 Å². The van der Waals surface area contributed by atoms with Crippen LogP contribution in [0.2, 0.25) is 0 Å². The van der Waals surface area contributed by atoms with Crippen molar-refractivity contribution >= 4 is 17.5 Å². The van der Waals surface area contributed by atoms with Gasteiger partial charge in [-0.3, -0.25) is 0 Å². The van der Waals surface area contributed by atoms with E-state index in [4.69, 9.17) is 14.7 Å². The van der Waals surface area contributed by atoms with Crippen LogP contribution in [0.1, 0.15) is 12.5 Å². The fourth-order valence-corrected chi connectivity index (χ4v) is 4.12. The Labute approximate surface area is 165 Å². The van der Waals surface area contributed by atoms with Crippen molar-refractivity contribution in [3.05, 3.63) is 66.2 Å². The van der Waals surface area contributed by atoms with Gasteiger partial charge in [0.1, 0.15) is 5.82 Å². The first kappa shape index (κ1) is 17.2. The standard InChI is InChI=1S/C23H24N4O/c1-17-15-19-9-5-6-10-21(19)27(17)22-16-20(18-7-3-2-4-8-18)24-23(25-22)26-11-13-28-14-12-26/h2-10,16-17H,11-15H2,1H3. The molecule has 5 nitrogen and oxygen atoms in total. The van der Waals surface area contributed by atoms with Crippen molar-refractivity contribution in [2.45, 2.75) is 19.4 Å². The molecule has 1 saturated heterocycles. The van der Waals surface area contributed by atoms with Crippen molar-refractivity contribution in [3.8, 4) is 11.3 Å². The lowest BCUT2D eigenvalue weighted by Crippen LogP contribution is -2.37. The third-order valence-corrected chi connectivity index (χ3v) is 5.52. The van der Waals surface area contributed by atoms with Gasteiger partial charge in [0.2, 0.25) is 5.95 Å². The van der Waals surface area contributed by atoms with Gasteiger partial charge >= 0.3 is 0 Å². The van der Waals surface area contributed by atoms with Crippen LogP contribution in [0.15, 0.2) is 60.7 Å². The molecule has 3 heterocycles. The minimum atomic E-state index is 0.369. The Kier molecular flexibility index (Phi) is 4.45. The van der Waals surface area contributed by atoms with Gasteiger partial charge in [-0.05, 0) is 25.0 Å². The van der Waals surface area contributed by atoms with Crippen LogP contribution >= 0.6 is 0 Å². The van der Waals surface area contributed by atoms with E-state index in [1.165, 1.54) is 11.3 Å². The Morgan fingerprint density at radius 3 is 2.50 bits per heavy atom. The second-order valence-electron chi connectivity index (χ2n) is 7.43. The van der Waals surface area contributed by atoms with Gasteiger partial charge in [-0.1, -0.05) is 48.5 Å². The molecule has 0 bridgehead atoms. The van der Waals surface area contributed by atoms with Crippen LogP contribution in [-0.4, -0.2) is 42.3 Å². The van der Waals surface area contributed by atoms with E-state index in [9.17, 15) is 0 Å². The van der Waals surface area contributed by atoms with E-state index >= 15 is 0 Å². The van der Waals surface area contributed by atoms with Gasteiger partial charge in [0.15, 0.2) is 0 Å². The van der Waals surface area contributed by atoms with Crippen LogP contribution in [0.3, 0.4) is 0 Å². The summed E-state index contributed by atoms with van der Waals surface area (Å²) in [6.07, 6.45) is 1.04. The highest BCUT2D eigenvalue weighted by atomic mass is 16.5. The van der Waals surface area contributed by atoms with E-state index in [1.54, 1.807) is 0 Å². The molecule has 142 valence electrons. The van der Waals surface area contributed by atoms with Gasteiger partial charge in [-0.15, -0.1) is 0 Å². The number of para-hydroxylation sites is 1. The number of hydrogen-bond acceptors (Lipinski definition) is 5. The van der Waals surface area contributed by atoms with Crippen molar-refractivity contribution < 1.29 is 4.74 Å². The molecule has 0 spiro atoms. The first-order chi connectivity index (χ1) is 13.8. The third-order valence-electron chi connectivity index (χ3n) is 5.52. The smallest absolute Gasteiger partial charge is 0.228 e. The summed E-state index contributed by atoms with van der Waals surface area (Å²) in [4.78, 5) is 14.5. The molecular weight excluding hydrogens is 348 g/mol. The molecule has 1 atom stereocenters. The lowest BCUT2D eigenvalue weighted by molar-refractivity contribution is 0.122. The molecule has 28 heavy (non-hydrogen) atoms. The van der Waals surface area contributed by atoms with Crippen LogP contribution in [0.4, 0.5) is 17.5 Å². The number of rotatable bonds is 3. The average molecular weight is 372 g/mol. The van der Waals surface area contributed by atoms with Crippen LogP contribution in [0.25, 0.3) is 11.3 Å². The molecule has 3 aromatic rings. The molecule has 2 aliphatic rings. The highest BCUT2D eigenvalue weighted by Crippen LogP contribution is 2.38. The zero-order chi connectivity index (χ0) is 18.9. The molecule has 0 aliphatic carbocycles. The maximum absolute atomic E-state index is 5.52. The Morgan fingerprint density at radius 1 is 0.929 bits per heavy atom. The first-order valence-corrected chi connectivity index (χ1v) is 9.94. The largest absolute Gasteiger partial charge is 0.378 e. The van der Waals surface area contributed by atoms with Crippen LogP contribution in [-0.2, 0) is 11.2 Å². The predicted molar refractivity (Wildman–Crippen MR) is 112 cm³/mol. The second-order valence-corrected chi connectivity index (χ2v) is 7.43. The van der Waals surface area contributed by atoms with Crippen LogP contribution < -0.4 is 9.80 Å². The molecule has 5 heteroatoms. The quantitative estimate of drug-likeness (QED) is 0.693. The van der Waals surface area contributed by atoms with E-state index in [1.807, 2.05) is 6.07 Å². The molecular formula is C23H24N4O. The summed E-state index contributed by atoms with van der Waals surface area (Å²) in [7, 11) is 0. The Morgan fingerprint density at radius 2 is 1.68 bits per heavy atom. The lowest BCUT2D eigenvalue weighted by atomic mass is 10.1.